The highest BCUT2D eigenvalue weighted by Crippen LogP contribution is 2.08. The predicted molar refractivity (Wildman–Crippen MR) is 101 cm³/mol. The first-order chi connectivity index (χ1) is 12.7. The number of anilines is 1. The summed E-state index contributed by atoms with van der Waals surface area (Å²) >= 11 is 0. The van der Waals surface area contributed by atoms with Crippen molar-refractivity contribution < 1.29 is 13.9 Å². The highest BCUT2D eigenvalue weighted by molar-refractivity contribution is 5.94. The Bertz CT molecular complexity index is 591. The molecule has 1 fully saturated rings. The van der Waals surface area contributed by atoms with Gasteiger partial charge in [0.1, 0.15) is 12.4 Å². The van der Waals surface area contributed by atoms with E-state index in [1.807, 2.05) is 6.92 Å². The average Bonchev–Trinajstić information content (AvgIpc) is 2.64. The molecular weight excluding hydrogens is 337 g/mol. The first kappa shape index (κ1) is 20.1. The van der Waals surface area contributed by atoms with Gasteiger partial charge in [0.2, 0.25) is 5.91 Å². The van der Waals surface area contributed by atoms with Gasteiger partial charge < -0.3 is 20.7 Å². The molecule has 0 aromatic heterocycles. The van der Waals surface area contributed by atoms with Crippen molar-refractivity contribution in [2.24, 2.45) is 4.99 Å². The lowest BCUT2D eigenvalue weighted by atomic mass is 10.3. The number of guanidine groups is 1. The second kappa shape index (κ2) is 11.4. The van der Waals surface area contributed by atoms with E-state index in [1.54, 1.807) is 12.1 Å². The standard InChI is InChI=1S/C18H28FN5O2/c1-2-20-18(21-7-4-8-24-9-11-26-12-10-24)22-14-17(25)23-16-6-3-5-15(19)13-16/h3,5-6,13H,2,4,7-12,14H2,1H3,(H,23,25)(H2,20,21,22). The third kappa shape index (κ3) is 7.79. The van der Waals surface area contributed by atoms with E-state index in [0.717, 1.165) is 45.8 Å². The van der Waals surface area contributed by atoms with Crippen LogP contribution in [0.3, 0.4) is 0 Å². The number of amides is 1. The van der Waals surface area contributed by atoms with Crippen molar-refractivity contribution in [3.63, 3.8) is 0 Å². The number of nitrogens with one attached hydrogen (secondary N) is 3. The summed E-state index contributed by atoms with van der Waals surface area (Å²) in [6, 6.07) is 5.79. The molecule has 0 radical (unpaired) electrons. The van der Waals surface area contributed by atoms with E-state index in [1.165, 1.54) is 12.1 Å². The van der Waals surface area contributed by atoms with Crippen LogP contribution in [0.4, 0.5) is 10.1 Å². The molecule has 0 saturated carbocycles. The summed E-state index contributed by atoms with van der Waals surface area (Å²) < 4.78 is 18.5. The zero-order chi connectivity index (χ0) is 18.6. The van der Waals surface area contributed by atoms with Crippen LogP contribution >= 0.6 is 0 Å². The minimum absolute atomic E-state index is 0.0324. The molecule has 1 aromatic carbocycles. The predicted octanol–water partition coefficient (Wildman–Crippen LogP) is 1.04. The number of benzene rings is 1. The lowest BCUT2D eigenvalue weighted by Crippen LogP contribution is -2.41. The van der Waals surface area contributed by atoms with Crippen LogP contribution in [0.2, 0.25) is 0 Å². The molecule has 0 bridgehead atoms. The fraction of sp³-hybridized carbons (Fsp3) is 0.556. The third-order valence-corrected chi connectivity index (χ3v) is 3.88. The van der Waals surface area contributed by atoms with Gasteiger partial charge in [-0.05, 0) is 38.1 Å². The molecular formula is C18H28FN5O2. The summed E-state index contributed by atoms with van der Waals surface area (Å²) in [5, 5.41) is 8.97. The molecule has 1 aliphatic rings. The maximum absolute atomic E-state index is 13.1. The highest BCUT2D eigenvalue weighted by atomic mass is 19.1. The molecule has 26 heavy (non-hydrogen) atoms. The van der Waals surface area contributed by atoms with Gasteiger partial charge in [-0.15, -0.1) is 0 Å². The zero-order valence-electron chi connectivity index (χ0n) is 15.3. The van der Waals surface area contributed by atoms with E-state index in [-0.39, 0.29) is 18.3 Å². The van der Waals surface area contributed by atoms with E-state index in [0.29, 0.717) is 18.2 Å². The van der Waals surface area contributed by atoms with Gasteiger partial charge in [-0.2, -0.15) is 0 Å². The van der Waals surface area contributed by atoms with Crippen LogP contribution in [0.5, 0.6) is 0 Å². The van der Waals surface area contributed by atoms with Crippen LogP contribution in [0.25, 0.3) is 0 Å². The first-order valence-electron chi connectivity index (χ1n) is 9.05. The summed E-state index contributed by atoms with van der Waals surface area (Å²) in [7, 11) is 0. The number of carbonyl (C=O) groups excluding carboxylic acids is 1. The Labute approximate surface area is 154 Å². The van der Waals surface area contributed by atoms with Crippen molar-refractivity contribution in [1.29, 1.82) is 0 Å². The van der Waals surface area contributed by atoms with Gasteiger partial charge in [-0.25, -0.2) is 9.38 Å². The number of morpholine rings is 1. The maximum Gasteiger partial charge on any atom is 0.246 e. The fourth-order valence-corrected chi connectivity index (χ4v) is 2.59. The van der Waals surface area contributed by atoms with Crippen molar-refractivity contribution in [2.75, 3.05) is 57.8 Å². The second-order valence-corrected chi connectivity index (χ2v) is 5.99. The van der Waals surface area contributed by atoms with Gasteiger partial charge in [0, 0.05) is 31.9 Å². The Hall–Kier alpha value is -2.19. The van der Waals surface area contributed by atoms with Gasteiger partial charge in [0.25, 0.3) is 0 Å². The molecule has 7 nitrogen and oxygen atoms in total. The minimum Gasteiger partial charge on any atom is -0.379 e. The third-order valence-electron chi connectivity index (χ3n) is 3.88. The van der Waals surface area contributed by atoms with Crippen molar-refractivity contribution in [2.45, 2.75) is 13.3 Å². The van der Waals surface area contributed by atoms with Crippen molar-refractivity contribution >= 4 is 17.6 Å². The molecule has 0 atom stereocenters. The lowest BCUT2D eigenvalue weighted by molar-refractivity contribution is -0.114. The van der Waals surface area contributed by atoms with Crippen LogP contribution < -0.4 is 16.0 Å². The van der Waals surface area contributed by atoms with Gasteiger partial charge in [-0.1, -0.05) is 6.07 Å². The Morgan fingerprint density at radius 2 is 2.12 bits per heavy atom. The highest BCUT2D eigenvalue weighted by Gasteiger charge is 2.09. The first-order valence-corrected chi connectivity index (χ1v) is 9.05. The van der Waals surface area contributed by atoms with Crippen molar-refractivity contribution in [3.8, 4) is 0 Å². The van der Waals surface area contributed by atoms with Crippen molar-refractivity contribution in [1.82, 2.24) is 15.5 Å². The quantitative estimate of drug-likeness (QED) is 0.365. The molecule has 0 unspecified atom stereocenters. The summed E-state index contributed by atoms with van der Waals surface area (Å²) in [5.41, 5.74) is 0.425. The van der Waals surface area contributed by atoms with Crippen LogP contribution in [0, 0.1) is 5.82 Å². The Morgan fingerprint density at radius 3 is 2.85 bits per heavy atom. The summed E-state index contributed by atoms with van der Waals surface area (Å²) in [4.78, 5) is 18.6. The number of carbonyl (C=O) groups is 1. The molecule has 3 N–H and O–H groups in total. The van der Waals surface area contributed by atoms with E-state index in [4.69, 9.17) is 4.74 Å². The Morgan fingerprint density at radius 1 is 1.31 bits per heavy atom. The summed E-state index contributed by atoms with van der Waals surface area (Å²) in [6.07, 6.45) is 0.986. The fourth-order valence-electron chi connectivity index (χ4n) is 2.59. The molecule has 0 aliphatic carbocycles. The van der Waals surface area contributed by atoms with Gasteiger partial charge in [0.15, 0.2) is 5.96 Å². The summed E-state index contributed by atoms with van der Waals surface area (Å²) in [5.74, 6) is -0.0773. The number of nitrogens with zero attached hydrogens (tertiary/aromatic N) is 2. The molecule has 1 heterocycles. The molecule has 1 saturated heterocycles. The van der Waals surface area contributed by atoms with Crippen LogP contribution in [-0.2, 0) is 9.53 Å². The number of hydrogen-bond donors (Lipinski definition) is 3. The Kier molecular flexibility index (Phi) is 8.85. The molecule has 1 aliphatic heterocycles. The largest absolute Gasteiger partial charge is 0.379 e. The normalized spacial score (nSPS) is 15.5. The molecule has 144 valence electrons. The smallest absolute Gasteiger partial charge is 0.246 e. The number of rotatable bonds is 8. The van der Waals surface area contributed by atoms with E-state index in [2.05, 4.69) is 25.8 Å². The van der Waals surface area contributed by atoms with E-state index < -0.39 is 0 Å². The number of aliphatic imine (C=N–C) groups is 1. The second-order valence-electron chi connectivity index (χ2n) is 5.99. The average molecular weight is 365 g/mol. The monoisotopic (exact) mass is 365 g/mol. The molecule has 0 spiro atoms. The SMILES string of the molecule is CCNC(=NCC(=O)Nc1cccc(F)c1)NCCCN1CCOCC1. The number of halogens is 1. The van der Waals surface area contributed by atoms with Gasteiger partial charge in [-0.3, -0.25) is 9.69 Å². The number of ether oxygens (including phenoxy) is 1. The zero-order valence-corrected chi connectivity index (χ0v) is 15.3. The topological polar surface area (TPSA) is 78.0 Å². The number of hydrogen-bond acceptors (Lipinski definition) is 4. The van der Waals surface area contributed by atoms with Crippen molar-refractivity contribution in [3.05, 3.63) is 30.1 Å². The lowest BCUT2D eigenvalue weighted by Gasteiger charge is -2.26. The van der Waals surface area contributed by atoms with Crippen LogP contribution in [-0.4, -0.2) is 69.2 Å². The summed E-state index contributed by atoms with van der Waals surface area (Å²) in [6.45, 7) is 8.00. The van der Waals surface area contributed by atoms with E-state index >= 15 is 0 Å². The van der Waals surface area contributed by atoms with Gasteiger partial charge in [0.05, 0.1) is 13.2 Å². The molecule has 1 amide bonds. The molecule has 1 aromatic rings. The minimum atomic E-state index is -0.387. The van der Waals surface area contributed by atoms with Crippen LogP contribution in [0.1, 0.15) is 13.3 Å². The van der Waals surface area contributed by atoms with Gasteiger partial charge >= 0.3 is 0 Å². The maximum atomic E-state index is 13.1. The van der Waals surface area contributed by atoms with E-state index in [9.17, 15) is 9.18 Å². The van der Waals surface area contributed by atoms with Crippen LogP contribution in [0.15, 0.2) is 29.3 Å². The molecule has 8 heteroatoms. The Balaban J connectivity index is 1.71. The molecule has 2 rings (SSSR count).